The molecular weight excluding hydrogens is 346 g/mol. The summed E-state index contributed by atoms with van der Waals surface area (Å²) in [5.41, 5.74) is 0.483. The first kappa shape index (κ1) is 13.3. The predicted molar refractivity (Wildman–Crippen MR) is 77.5 cm³/mol. The van der Waals surface area contributed by atoms with Crippen LogP contribution < -0.4 is 14.2 Å². The van der Waals surface area contributed by atoms with E-state index in [-0.39, 0.29) is 11.7 Å². The van der Waals surface area contributed by atoms with E-state index in [9.17, 15) is 8.42 Å². The summed E-state index contributed by atoms with van der Waals surface area (Å²) in [6.07, 6.45) is 0. The summed E-state index contributed by atoms with van der Waals surface area (Å²) in [6, 6.07) is 11.4. The van der Waals surface area contributed by atoms with Crippen LogP contribution in [-0.4, -0.2) is 15.2 Å². The van der Waals surface area contributed by atoms with Crippen molar-refractivity contribution < 1.29 is 17.9 Å². The molecule has 2 aromatic rings. The number of rotatable bonds is 3. The van der Waals surface area contributed by atoms with Gasteiger partial charge in [-0.2, -0.15) is 0 Å². The van der Waals surface area contributed by atoms with E-state index in [1.807, 2.05) is 6.07 Å². The smallest absolute Gasteiger partial charge is 0.262 e. The fourth-order valence-corrected chi connectivity index (χ4v) is 3.27. The SMILES string of the molecule is O=S(=O)(Nc1cccc(Br)c1)c1ccc2c(c1)OCO2. The molecule has 0 bridgehead atoms. The molecule has 0 aliphatic carbocycles. The maximum absolute atomic E-state index is 12.3. The van der Waals surface area contributed by atoms with Crippen LogP contribution in [0.2, 0.25) is 0 Å². The van der Waals surface area contributed by atoms with E-state index in [1.165, 1.54) is 12.1 Å². The summed E-state index contributed by atoms with van der Waals surface area (Å²) in [5, 5.41) is 0. The maximum atomic E-state index is 12.3. The first-order valence-electron chi connectivity index (χ1n) is 5.73. The molecule has 7 heteroatoms. The van der Waals surface area contributed by atoms with Gasteiger partial charge in [-0.15, -0.1) is 0 Å². The van der Waals surface area contributed by atoms with Crippen molar-refractivity contribution in [3.05, 3.63) is 46.9 Å². The monoisotopic (exact) mass is 355 g/mol. The van der Waals surface area contributed by atoms with Gasteiger partial charge < -0.3 is 9.47 Å². The summed E-state index contributed by atoms with van der Waals surface area (Å²) in [7, 11) is -3.66. The van der Waals surface area contributed by atoms with E-state index >= 15 is 0 Å². The van der Waals surface area contributed by atoms with Crippen molar-refractivity contribution >= 4 is 31.6 Å². The molecule has 0 amide bonds. The standard InChI is InChI=1S/C13H10BrNO4S/c14-9-2-1-3-10(6-9)15-20(16,17)11-4-5-12-13(7-11)19-8-18-12/h1-7,15H,8H2. The molecule has 104 valence electrons. The van der Waals surface area contributed by atoms with Crippen molar-refractivity contribution in [3.63, 3.8) is 0 Å². The molecule has 0 spiro atoms. The maximum Gasteiger partial charge on any atom is 0.262 e. The van der Waals surface area contributed by atoms with Crippen LogP contribution in [0.4, 0.5) is 5.69 Å². The molecule has 1 heterocycles. The zero-order valence-electron chi connectivity index (χ0n) is 10.2. The lowest BCUT2D eigenvalue weighted by Crippen LogP contribution is -2.12. The van der Waals surface area contributed by atoms with Gasteiger partial charge in [0, 0.05) is 16.2 Å². The Morgan fingerprint density at radius 3 is 2.65 bits per heavy atom. The van der Waals surface area contributed by atoms with Crippen LogP contribution >= 0.6 is 15.9 Å². The summed E-state index contributed by atoms with van der Waals surface area (Å²) in [4.78, 5) is 0.127. The van der Waals surface area contributed by atoms with Gasteiger partial charge in [-0.1, -0.05) is 22.0 Å². The highest BCUT2D eigenvalue weighted by Gasteiger charge is 2.20. The highest BCUT2D eigenvalue weighted by molar-refractivity contribution is 9.10. The first-order valence-corrected chi connectivity index (χ1v) is 8.00. The van der Waals surface area contributed by atoms with Crippen LogP contribution in [0.1, 0.15) is 0 Å². The summed E-state index contributed by atoms with van der Waals surface area (Å²) in [6.45, 7) is 0.109. The number of fused-ring (bicyclic) bond motifs is 1. The van der Waals surface area contributed by atoms with Gasteiger partial charge in [0.25, 0.3) is 10.0 Å². The zero-order valence-corrected chi connectivity index (χ0v) is 12.6. The van der Waals surface area contributed by atoms with E-state index < -0.39 is 10.0 Å². The topological polar surface area (TPSA) is 64.6 Å². The van der Waals surface area contributed by atoms with Crippen molar-refractivity contribution in [2.75, 3.05) is 11.5 Å². The molecular formula is C13H10BrNO4S. The van der Waals surface area contributed by atoms with Gasteiger partial charge >= 0.3 is 0 Å². The van der Waals surface area contributed by atoms with Gasteiger partial charge in [-0.25, -0.2) is 8.42 Å². The number of nitrogens with one attached hydrogen (secondary N) is 1. The second-order valence-corrected chi connectivity index (χ2v) is 6.73. The minimum absolute atomic E-state index is 0.109. The van der Waals surface area contributed by atoms with E-state index in [2.05, 4.69) is 20.7 Å². The van der Waals surface area contributed by atoms with Crippen LogP contribution in [0.15, 0.2) is 51.8 Å². The third-order valence-electron chi connectivity index (χ3n) is 2.73. The van der Waals surface area contributed by atoms with E-state index in [0.717, 1.165) is 4.47 Å². The van der Waals surface area contributed by atoms with Crippen LogP contribution in [-0.2, 0) is 10.0 Å². The molecule has 1 N–H and O–H groups in total. The minimum Gasteiger partial charge on any atom is -0.454 e. The van der Waals surface area contributed by atoms with E-state index in [0.29, 0.717) is 17.2 Å². The largest absolute Gasteiger partial charge is 0.454 e. The minimum atomic E-state index is -3.66. The normalized spacial score (nSPS) is 13.2. The Morgan fingerprint density at radius 2 is 1.85 bits per heavy atom. The molecule has 5 nitrogen and oxygen atoms in total. The van der Waals surface area contributed by atoms with Gasteiger partial charge in [0.05, 0.1) is 4.90 Å². The van der Waals surface area contributed by atoms with Crippen molar-refractivity contribution in [2.24, 2.45) is 0 Å². The number of benzene rings is 2. The Bertz CT molecular complexity index is 761. The molecule has 1 aliphatic heterocycles. The third-order valence-corrected chi connectivity index (χ3v) is 4.60. The zero-order chi connectivity index (χ0) is 14.2. The number of anilines is 1. The lowest BCUT2D eigenvalue weighted by Gasteiger charge is -2.09. The average molecular weight is 356 g/mol. The number of sulfonamides is 1. The molecule has 1 aliphatic rings. The summed E-state index contributed by atoms with van der Waals surface area (Å²) in [5.74, 6) is 0.980. The predicted octanol–water partition coefficient (Wildman–Crippen LogP) is 2.98. The second-order valence-electron chi connectivity index (χ2n) is 4.13. The Hall–Kier alpha value is -1.73. The van der Waals surface area contributed by atoms with Gasteiger partial charge in [-0.3, -0.25) is 4.72 Å². The second kappa shape index (κ2) is 4.99. The molecule has 0 unspecified atom stereocenters. The lowest BCUT2D eigenvalue weighted by atomic mass is 10.3. The highest BCUT2D eigenvalue weighted by Crippen LogP contribution is 2.34. The molecule has 0 saturated heterocycles. The number of hydrogen-bond donors (Lipinski definition) is 1. The van der Waals surface area contributed by atoms with Gasteiger partial charge in [0.15, 0.2) is 11.5 Å². The molecule has 0 radical (unpaired) electrons. The van der Waals surface area contributed by atoms with E-state index in [1.54, 1.807) is 24.3 Å². The van der Waals surface area contributed by atoms with Gasteiger partial charge in [0.1, 0.15) is 0 Å². The fourth-order valence-electron chi connectivity index (χ4n) is 1.81. The van der Waals surface area contributed by atoms with Crippen molar-refractivity contribution in [1.82, 2.24) is 0 Å². The first-order chi connectivity index (χ1) is 9.54. The molecule has 0 saturated carbocycles. The Morgan fingerprint density at radius 1 is 1.05 bits per heavy atom. The lowest BCUT2D eigenvalue weighted by molar-refractivity contribution is 0.174. The Labute approximate surface area is 124 Å². The van der Waals surface area contributed by atoms with Crippen molar-refractivity contribution in [2.45, 2.75) is 4.90 Å². The number of halogens is 1. The number of hydrogen-bond acceptors (Lipinski definition) is 4. The molecule has 20 heavy (non-hydrogen) atoms. The molecule has 0 atom stereocenters. The van der Waals surface area contributed by atoms with Crippen LogP contribution in [0.25, 0.3) is 0 Å². The number of ether oxygens (including phenoxy) is 2. The quantitative estimate of drug-likeness (QED) is 0.918. The van der Waals surface area contributed by atoms with Gasteiger partial charge in [0.2, 0.25) is 6.79 Å². The van der Waals surface area contributed by atoms with Gasteiger partial charge in [-0.05, 0) is 30.3 Å². The molecule has 0 fully saturated rings. The highest BCUT2D eigenvalue weighted by atomic mass is 79.9. The van der Waals surface area contributed by atoms with E-state index in [4.69, 9.17) is 9.47 Å². The van der Waals surface area contributed by atoms with Crippen LogP contribution in [0, 0.1) is 0 Å². The Balaban J connectivity index is 1.92. The third kappa shape index (κ3) is 2.59. The summed E-state index contributed by atoms with van der Waals surface area (Å²) >= 11 is 3.30. The van der Waals surface area contributed by atoms with Crippen LogP contribution in [0.3, 0.4) is 0 Å². The van der Waals surface area contributed by atoms with Crippen molar-refractivity contribution in [3.8, 4) is 11.5 Å². The van der Waals surface area contributed by atoms with Crippen LogP contribution in [0.5, 0.6) is 11.5 Å². The average Bonchev–Trinajstić information content (AvgIpc) is 2.85. The van der Waals surface area contributed by atoms with Crippen molar-refractivity contribution in [1.29, 1.82) is 0 Å². The Kier molecular flexibility index (Phi) is 3.31. The molecule has 3 rings (SSSR count). The molecule has 2 aromatic carbocycles. The fraction of sp³-hybridized carbons (Fsp3) is 0.0769. The molecule has 0 aromatic heterocycles. The summed E-state index contributed by atoms with van der Waals surface area (Å²) < 4.78 is 38.2.